The second-order valence-corrected chi connectivity index (χ2v) is 6.03. The molecule has 0 amide bonds. The molecule has 128 valence electrons. The molecule has 1 saturated heterocycles. The average molecular weight is 340 g/mol. The first-order valence-electron chi connectivity index (χ1n) is 8.08. The zero-order valence-corrected chi connectivity index (χ0v) is 13.7. The SMILES string of the molecule is CC(=O)c1ccc(N2CCN(c3ncnc4[nH]ncc34)CC2)c(F)c1. The molecule has 25 heavy (non-hydrogen) atoms. The van der Waals surface area contributed by atoms with E-state index in [1.54, 1.807) is 18.3 Å². The lowest BCUT2D eigenvalue weighted by atomic mass is 10.1. The molecular weight excluding hydrogens is 323 g/mol. The predicted octanol–water partition coefficient (Wildman–Crippen LogP) is 2.02. The first kappa shape index (κ1) is 15.5. The first-order chi connectivity index (χ1) is 12.1. The van der Waals surface area contributed by atoms with Crippen molar-refractivity contribution >= 4 is 28.3 Å². The molecule has 1 aromatic carbocycles. The number of aromatic amines is 1. The molecule has 1 N–H and O–H groups in total. The Morgan fingerprint density at radius 1 is 1.16 bits per heavy atom. The highest BCUT2D eigenvalue weighted by molar-refractivity contribution is 5.94. The fourth-order valence-corrected chi connectivity index (χ4v) is 3.15. The van der Waals surface area contributed by atoms with Crippen LogP contribution in [-0.2, 0) is 0 Å². The number of nitrogens with zero attached hydrogens (tertiary/aromatic N) is 5. The van der Waals surface area contributed by atoms with Gasteiger partial charge in [-0.05, 0) is 25.1 Å². The van der Waals surface area contributed by atoms with Crippen LogP contribution < -0.4 is 9.80 Å². The fourth-order valence-electron chi connectivity index (χ4n) is 3.15. The van der Waals surface area contributed by atoms with Crippen LogP contribution in [0.5, 0.6) is 0 Å². The smallest absolute Gasteiger partial charge is 0.160 e. The molecule has 7 nitrogen and oxygen atoms in total. The molecule has 3 heterocycles. The van der Waals surface area contributed by atoms with E-state index in [-0.39, 0.29) is 11.6 Å². The second kappa shape index (κ2) is 6.12. The third kappa shape index (κ3) is 2.79. The quantitative estimate of drug-likeness (QED) is 0.735. The van der Waals surface area contributed by atoms with Gasteiger partial charge in [-0.2, -0.15) is 5.10 Å². The topological polar surface area (TPSA) is 78.0 Å². The number of anilines is 2. The van der Waals surface area contributed by atoms with Gasteiger partial charge in [0.2, 0.25) is 0 Å². The number of H-pyrrole nitrogens is 1. The summed E-state index contributed by atoms with van der Waals surface area (Å²) in [5.74, 6) is 0.342. The Kier molecular flexibility index (Phi) is 3.79. The number of aromatic nitrogens is 4. The lowest BCUT2D eigenvalue weighted by Crippen LogP contribution is -2.47. The summed E-state index contributed by atoms with van der Waals surface area (Å²) < 4.78 is 14.3. The summed E-state index contributed by atoms with van der Waals surface area (Å²) in [5.41, 5.74) is 1.63. The number of rotatable bonds is 3. The van der Waals surface area contributed by atoms with Gasteiger partial charge >= 0.3 is 0 Å². The van der Waals surface area contributed by atoms with E-state index in [0.717, 1.165) is 11.2 Å². The molecular formula is C17H17FN6O. The van der Waals surface area contributed by atoms with Crippen LogP contribution in [0.3, 0.4) is 0 Å². The number of halogens is 1. The van der Waals surface area contributed by atoms with Crippen LogP contribution in [0.15, 0.2) is 30.7 Å². The van der Waals surface area contributed by atoms with Gasteiger partial charge in [0.15, 0.2) is 11.4 Å². The lowest BCUT2D eigenvalue weighted by Gasteiger charge is -2.37. The zero-order valence-electron chi connectivity index (χ0n) is 13.7. The van der Waals surface area contributed by atoms with Gasteiger partial charge in [-0.25, -0.2) is 14.4 Å². The Balaban J connectivity index is 1.52. The number of fused-ring (bicyclic) bond motifs is 1. The van der Waals surface area contributed by atoms with Crippen LogP contribution in [0.1, 0.15) is 17.3 Å². The minimum atomic E-state index is -0.361. The van der Waals surface area contributed by atoms with Crippen molar-refractivity contribution in [1.82, 2.24) is 20.2 Å². The summed E-state index contributed by atoms with van der Waals surface area (Å²) in [6, 6.07) is 4.66. The number of ketones is 1. The number of benzene rings is 1. The van der Waals surface area contributed by atoms with Gasteiger partial charge in [0, 0.05) is 31.7 Å². The highest BCUT2D eigenvalue weighted by Crippen LogP contribution is 2.26. The second-order valence-electron chi connectivity index (χ2n) is 6.03. The van der Waals surface area contributed by atoms with Crippen LogP contribution in [0.4, 0.5) is 15.9 Å². The van der Waals surface area contributed by atoms with Crippen molar-refractivity contribution in [1.29, 1.82) is 0 Å². The minimum absolute atomic E-state index is 0.136. The Morgan fingerprint density at radius 3 is 2.64 bits per heavy atom. The number of carbonyl (C=O) groups is 1. The maximum atomic E-state index is 14.3. The van der Waals surface area contributed by atoms with E-state index in [1.807, 2.05) is 4.90 Å². The highest BCUT2D eigenvalue weighted by Gasteiger charge is 2.22. The third-order valence-corrected chi connectivity index (χ3v) is 4.50. The maximum Gasteiger partial charge on any atom is 0.160 e. The first-order valence-corrected chi connectivity index (χ1v) is 8.08. The minimum Gasteiger partial charge on any atom is -0.366 e. The van der Waals surface area contributed by atoms with E-state index in [2.05, 4.69) is 25.1 Å². The van der Waals surface area contributed by atoms with Gasteiger partial charge < -0.3 is 9.80 Å². The lowest BCUT2D eigenvalue weighted by molar-refractivity contribution is 0.101. The molecule has 0 unspecified atom stereocenters. The largest absolute Gasteiger partial charge is 0.366 e. The monoisotopic (exact) mass is 340 g/mol. The molecule has 3 aromatic rings. The van der Waals surface area contributed by atoms with E-state index in [1.165, 1.54) is 19.3 Å². The Hall–Kier alpha value is -3.03. The molecule has 0 radical (unpaired) electrons. The summed E-state index contributed by atoms with van der Waals surface area (Å²) in [7, 11) is 0. The van der Waals surface area contributed by atoms with Crippen molar-refractivity contribution in [2.45, 2.75) is 6.92 Å². The van der Waals surface area contributed by atoms with Gasteiger partial charge in [0.05, 0.1) is 17.3 Å². The van der Waals surface area contributed by atoms with E-state index in [9.17, 15) is 9.18 Å². The summed E-state index contributed by atoms with van der Waals surface area (Å²) >= 11 is 0. The molecule has 1 fully saturated rings. The summed E-state index contributed by atoms with van der Waals surface area (Å²) in [6.07, 6.45) is 3.24. The van der Waals surface area contributed by atoms with Gasteiger partial charge in [-0.15, -0.1) is 0 Å². The Labute approximate surface area is 143 Å². The Bertz CT molecular complexity index is 932. The van der Waals surface area contributed by atoms with Crippen molar-refractivity contribution in [3.05, 3.63) is 42.1 Å². The van der Waals surface area contributed by atoms with E-state index in [4.69, 9.17) is 0 Å². The normalized spacial score (nSPS) is 15.0. The predicted molar refractivity (Wildman–Crippen MR) is 92.5 cm³/mol. The standard InChI is InChI=1S/C17H17FN6O/c1-11(25)12-2-3-15(14(18)8-12)23-4-6-24(7-5-23)17-13-9-21-22-16(13)19-10-20-17/h2-3,8-10H,4-7H2,1H3,(H,19,20,21,22). The van der Waals surface area contributed by atoms with Crippen LogP contribution in [0, 0.1) is 5.82 Å². The summed E-state index contributed by atoms with van der Waals surface area (Å²) in [5, 5.41) is 7.73. The van der Waals surface area contributed by atoms with E-state index >= 15 is 0 Å². The number of hydrogen-bond acceptors (Lipinski definition) is 6. The zero-order chi connectivity index (χ0) is 17.4. The van der Waals surface area contributed by atoms with Crippen molar-refractivity contribution in [3.63, 3.8) is 0 Å². The number of piperazine rings is 1. The van der Waals surface area contributed by atoms with Crippen LogP contribution in [0.2, 0.25) is 0 Å². The number of carbonyl (C=O) groups excluding carboxylic acids is 1. The van der Waals surface area contributed by atoms with Crippen LogP contribution in [0.25, 0.3) is 11.0 Å². The van der Waals surface area contributed by atoms with E-state index < -0.39 is 0 Å². The molecule has 1 aliphatic rings. The van der Waals surface area contributed by atoms with Gasteiger partial charge in [-0.1, -0.05) is 0 Å². The van der Waals surface area contributed by atoms with Crippen molar-refractivity contribution in [3.8, 4) is 0 Å². The molecule has 8 heteroatoms. The molecule has 2 aromatic heterocycles. The molecule has 0 spiro atoms. The molecule has 0 bridgehead atoms. The molecule has 0 saturated carbocycles. The average Bonchev–Trinajstić information content (AvgIpc) is 3.10. The molecule has 0 atom stereocenters. The number of hydrogen-bond donors (Lipinski definition) is 1. The summed E-state index contributed by atoms with van der Waals surface area (Å²) in [6.45, 7) is 4.20. The molecule has 0 aliphatic carbocycles. The van der Waals surface area contributed by atoms with Crippen LogP contribution in [-0.4, -0.2) is 52.1 Å². The van der Waals surface area contributed by atoms with Crippen molar-refractivity contribution < 1.29 is 9.18 Å². The van der Waals surface area contributed by atoms with Gasteiger partial charge in [-0.3, -0.25) is 9.89 Å². The third-order valence-electron chi connectivity index (χ3n) is 4.50. The highest BCUT2D eigenvalue weighted by atomic mass is 19.1. The molecule has 1 aliphatic heterocycles. The number of nitrogens with one attached hydrogen (secondary N) is 1. The fraction of sp³-hybridized carbons (Fsp3) is 0.294. The van der Waals surface area contributed by atoms with Crippen molar-refractivity contribution in [2.24, 2.45) is 0 Å². The number of Topliss-reactive ketones (excluding diaryl/α,β-unsaturated/α-hetero) is 1. The molecule has 4 rings (SSSR count). The van der Waals surface area contributed by atoms with E-state index in [0.29, 0.717) is 43.1 Å². The summed E-state index contributed by atoms with van der Waals surface area (Å²) in [4.78, 5) is 24.0. The van der Waals surface area contributed by atoms with Gasteiger partial charge in [0.25, 0.3) is 0 Å². The maximum absolute atomic E-state index is 14.3. The van der Waals surface area contributed by atoms with Gasteiger partial charge in [0.1, 0.15) is 18.0 Å². The van der Waals surface area contributed by atoms with Crippen LogP contribution >= 0.6 is 0 Å². The van der Waals surface area contributed by atoms with Crippen molar-refractivity contribution in [2.75, 3.05) is 36.0 Å². The Morgan fingerprint density at radius 2 is 1.92 bits per heavy atom.